The minimum Gasteiger partial charge on any atom is -0.374 e. The molecule has 96 valence electrons. The third-order valence-corrected chi connectivity index (χ3v) is 4.61. The van der Waals surface area contributed by atoms with Crippen molar-refractivity contribution in [2.24, 2.45) is 5.92 Å². The summed E-state index contributed by atoms with van der Waals surface area (Å²) in [6, 6.07) is 0.438. The number of nitrogens with one attached hydrogen (secondary N) is 1. The van der Waals surface area contributed by atoms with E-state index in [0.717, 1.165) is 5.01 Å². The van der Waals surface area contributed by atoms with Crippen LogP contribution in [0, 0.1) is 5.92 Å². The molecule has 2 rings (SSSR count). The molecule has 17 heavy (non-hydrogen) atoms. The van der Waals surface area contributed by atoms with Gasteiger partial charge in [-0.25, -0.2) is 4.98 Å². The molecule has 0 saturated heterocycles. The van der Waals surface area contributed by atoms with Crippen LogP contribution in [0.3, 0.4) is 0 Å². The lowest BCUT2D eigenvalue weighted by atomic mass is 9.98. The van der Waals surface area contributed by atoms with Gasteiger partial charge in [-0.3, -0.25) is 0 Å². The molecule has 0 aliphatic heterocycles. The monoisotopic (exact) mass is 254 g/mol. The van der Waals surface area contributed by atoms with Crippen LogP contribution in [0.15, 0.2) is 0 Å². The van der Waals surface area contributed by atoms with Crippen LogP contribution in [0.4, 0.5) is 0 Å². The van der Waals surface area contributed by atoms with Gasteiger partial charge in [0, 0.05) is 12.0 Å². The van der Waals surface area contributed by atoms with Gasteiger partial charge in [-0.05, 0) is 32.2 Å². The van der Waals surface area contributed by atoms with E-state index < -0.39 is 0 Å². The van der Waals surface area contributed by atoms with Crippen LogP contribution < -0.4 is 5.32 Å². The summed E-state index contributed by atoms with van der Waals surface area (Å²) < 4.78 is 5.57. The molecule has 1 aliphatic rings. The van der Waals surface area contributed by atoms with Crippen molar-refractivity contribution in [2.75, 3.05) is 14.2 Å². The van der Waals surface area contributed by atoms with Crippen molar-refractivity contribution in [2.45, 2.75) is 45.3 Å². The number of ether oxygens (including phenoxy) is 1. The molecule has 0 fully saturated rings. The molecule has 0 amide bonds. The molecule has 4 heteroatoms. The van der Waals surface area contributed by atoms with Crippen LogP contribution in [0.25, 0.3) is 0 Å². The summed E-state index contributed by atoms with van der Waals surface area (Å²) in [5.74, 6) is 0.473. The highest BCUT2D eigenvalue weighted by molar-refractivity contribution is 7.11. The van der Waals surface area contributed by atoms with E-state index in [4.69, 9.17) is 9.72 Å². The lowest BCUT2D eigenvalue weighted by Crippen LogP contribution is -2.21. The van der Waals surface area contributed by atoms with Gasteiger partial charge in [0.2, 0.25) is 0 Å². The zero-order valence-electron chi connectivity index (χ0n) is 11.1. The van der Waals surface area contributed by atoms with Gasteiger partial charge in [-0.15, -0.1) is 11.3 Å². The molecule has 0 spiro atoms. The number of thiazole rings is 1. The third kappa shape index (κ3) is 2.54. The maximum Gasteiger partial charge on any atom is 0.122 e. The molecule has 0 bridgehead atoms. The number of rotatable bonds is 4. The minimum absolute atomic E-state index is 0.142. The second-order valence-corrected chi connectivity index (χ2v) is 6.11. The molecule has 1 aromatic rings. The highest BCUT2D eigenvalue weighted by Gasteiger charge is 2.27. The van der Waals surface area contributed by atoms with Crippen LogP contribution in [0.1, 0.15) is 54.4 Å². The highest BCUT2D eigenvalue weighted by atomic mass is 32.1. The van der Waals surface area contributed by atoms with E-state index in [0.29, 0.717) is 12.0 Å². The maximum atomic E-state index is 5.57. The van der Waals surface area contributed by atoms with Gasteiger partial charge < -0.3 is 10.1 Å². The quantitative estimate of drug-likeness (QED) is 0.896. The Kier molecular flexibility index (Phi) is 4.17. The number of aryl methyl sites for hydroxylation is 1. The Labute approximate surface area is 108 Å². The normalized spacial score (nSPS) is 21.6. The highest BCUT2D eigenvalue weighted by Crippen LogP contribution is 2.37. The van der Waals surface area contributed by atoms with Crippen molar-refractivity contribution in [1.29, 1.82) is 0 Å². The van der Waals surface area contributed by atoms with Gasteiger partial charge in [-0.2, -0.15) is 0 Å². The first-order valence-electron chi connectivity index (χ1n) is 6.37. The van der Waals surface area contributed by atoms with Crippen LogP contribution in [0.2, 0.25) is 0 Å². The minimum atomic E-state index is 0.142. The molecular weight excluding hydrogens is 232 g/mol. The zero-order chi connectivity index (χ0) is 12.4. The van der Waals surface area contributed by atoms with Gasteiger partial charge in [0.05, 0.1) is 11.7 Å². The van der Waals surface area contributed by atoms with Crippen LogP contribution in [-0.4, -0.2) is 19.1 Å². The van der Waals surface area contributed by atoms with Gasteiger partial charge in [0.15, 0.2) is 0 Å². The van der Waals surface area contributed by atoms with Crippen molar-refractivity contribution >= 4 is 11.3 Å². The summed E-state index contributed by atoms with van der Waals surface area (Å²) in [5, 5.41) is 4.51. The molecule has 1 N–H and O–H groups in total. The second kappa shape index (κ2) is 5.46. The lowest BCUT2D eigenvalue weighted by molar-refractivity contribution is 0.0642. The third-order valence-electron chi connectivity index (χ3n) is 3.42. The Morgan fingerprint density at radius 3 is 2.82 bits per heavy atom. The summed E-state index contributed by atoms with van der Waals surface area (Å²) in [5.41, 5.74) is 1.27. The molecule has 1 aliphatic carbocycles. The van der Waals surface area contributed by atoms with Crippen LogP contribution in [-0.2, 0) is 11.2 Å². The Morgan fingerprint density at radius 1 is 1.47 bits per heavy atom. The topological polar surface area (TPSA) is 34.1 Å². The Hall–Kier alpha value is -0.450. The molecule has 1 heterocycles. The number of methoxy groups -OCH3 is 1. The summed E-state index contributed by atoms with van der Waals surface area (Å²) >= 11 is 1.84. The fraction of sp³-hybridized carbons (Fsp3) is 0.769. The summed E-state index contributed by atoms with van der Waals surface area (Å²) in [6.45, 7) is 4.37. The predicted octanol–water partition coefficient (Wildman–Crippen LogP) is 3.08. The lowest BCUT2D eigenvalue weighted by Gasteiger charge is -2.20. The largest absolute Gasteiger partial charge is 0.374 e. The Balaban J connectivity index is 2.29. The number of fused-ring (bicyclic) bond motifs is 1. The first-order chi connectivity index (χ1) is 8.17. The van der Waals surface area contributed by atoms with E-state index in [1.54, 1.807) is 7.11 Å². The Bertz CT molecular complexity index is 375. The molecule has 2 atom stereocenters. The van der Waals surface area contributed by atoms with Gasteiger partial charge >= 0.3 is 0 Å². The molecule has 0 saturated carbocycles. The standard InChI is InChI=1S/C13H22N2OS/c1-8(2)12(16-4)13-15-11-9(14-3)6-5-7-10(11)17-13/h8-9,12,14H,5-7H2,1-4H3. The molecule has 0 aromatic carbocycles. The fourth-order valence-corrected chi connectivity index (χ4v) is 3.92. The van der Waals surface area contributed by atoms with E-state index in [1.807, 2.05) is 18.4 Å². The molecule has 1 aromatic heterocycles. The van der Waals surface area contributed by atoms with E-state index >= 15 is 0 Å². The van der Waals surface area contributed by atoms with Crippen molar-refractivity contribution in [3.8, 4) is 0 Å². The van der Waals surface area contributed by atoms with Crippen molar-refractivity contribution in [3.63, 3.8) is 0 Å². The molecule has 0 radical (unpaired) electrons. The zero-order valence-corrected chi connectivity index (χ0v) is 11.9. The fourth-order valence-electron chi connectivity index (χ4n) is 2.50. The number of aromatic nitrogens is 1. The van der Waals surface area contributed by atoms with E-state index in [2.05, 4.69) is 19.2 Å². The number of hydrogen-bond donors (Lipinski definition) is 1. The Morgan fingerprint density at radius 2 is 2.24 bits per heavy atom. The van der Waals surface area contributed by atoms with E-state index in [9.17, 15) is 0 Å². The van der Waals surface area contributed by atoms with Crippen molar-refractivity contribution < 1.29 is 4.74 Å². The second-order valence-electron chi connectivity index (χ2n) is 4.99. The average Bonchev–Trinajstić information content (AvgIpc) is 2.72. The number of nitrogens with zero attached hydrogens (tertiary/aromatic N) is 1. The first kappa shape index (κ1) is 13.0. The van der Waals surface area contributed by atoms with Gasteiger partial charge in [0.25, 0.3) is 0 Å². The summed E-state index contributed by atoms with van der Waals surface area (Å²) in [6.07, 6.45) is 3.79. The predicted molar refractivity (Wildman–Crippen MR) is 71.4 cm³/mol. The summed E-state index contributed by atoms with van der Waals surface area (Å²) in [4.78, 5) is 6.28. The van der Waals surface area contributed by atoms with Crippen molar-refractivity contribution in [1.82, 2.24) is 10.3 Å². The maximum absolute atomic E-state index is 5.57. The average molecular weight is 254 g/mol. The van der Waals surface area contributed by atoms with Gasteiger partial charge in [-0.1, -0.05) is 13.8 Å². The van der Waals surface area contributed by atoms with E-state index in [-0.39, 0.29) is 6.10 Å². The van der Waals surface area contributed by atoms with Crippen molar-refractivity contribution in [3.05, 3.63) is 15.6 Å². The molecule has 3 nitrogen and oxygen atoms in total. The van der Waals surface area contributed by atoms with Crippen LogP contribution in [0.5, 0.6) is 0 Å². The first-order valence-corrected chi connectivity index (χ1v) is 7.18. The SMILES string of the molecule is CNC1CCCc2sc(C(OC)C(C)C)nc21. The van der Waals surface area contributed by atoms with Crippen LogP contribution >= 0.6 is 11.3 Å². The summed E-state index contributed by atoms with van der Waals surface area (Å²) in [7, 11) is 3.80. The van der Waals surface area contributed by atoms with E-state index in [1.165, 1.54) is 29.8 Å². The number of hydrogen-bond acceptors (Lipinski definition) is 4. The molecular formula is C13H22N2OS. The smallest absolute Gasteiger partial charge is 0.122 e. The molecule has 2 unspecified atom stereocenters. The van der Waals surface area contributed by atoms with Gasteiger partial charge in [0.1, 0.15) is 11.1 Å².